The van der Waals surface area contributed by atoms with Gasteiger partial charge in [0.1, 0.15) is 0 Å². The Morgan fingerprint density at radius 3 is 1.96 bits per heavy atom. The van der Waals surface area contributed by atoms with Crippen molar-refractivity contribution in [3.05, 3.63) is 0 Å². The molecule has 2 rings (SSSR count). The Kier molecular flexibility index (Phi) is 6.02. The number of hydrogen-bond acceptors (Lipinski definition) is 4. The minimum absolute atomic E-state index is 0.144. The van der Waals surface area contributed by atoms with Crippen LogP contribution in [0.5, 0.6) is 0 Å². The number of rotatable bonds is 5. The van der Waals surface area contributed by atoms with Crippen molar-refractivity contribution < 1.29 is 18.0 Å². The molecule has 2 aliphatic rings. The summed E-state index contributed by atoms with van der Waals surface area (Å²) >= 11 is 0. The van der Waals surface area contributed by atoms with Gasteiger partial charge in [-0.25, -0.2) is 8.42 Å². The fourth-order valence-corrected chi connectivity index (χ4v) is 3.55. The maximum Gasteiger partial charge on any atom is 0.238 e. The van der Waals surface area contributed by atoms with Crippen LogP contribution in [0.1, 0.15) is 32.1 Å². The molecule has 132 valence electrons. The van der Waals surface area contributed by atoms with Crippen LogP contribution in [0.4, 0.5) is 0 Å². The van der Waals surface area contributed by atoms with E-state index >= 15 is 0 Å². The van der Waals surface area contributed by atoms with Crippen LogP contribution in [-0.2, 0) is 19.6 Å². The zero-order valence-electron chi connectivity index (χ0n) is 14.0. The molecule has 1 saturated heterocycles. The van der Waals surface area contributed by atoms with Crippen LogP contribution in [0.3, 0.4) is 0 Å². The van der Waals surface area contributed by atoms with E-state index < -0.39 is 10.0 Å². The third-order valence-electron chi connectivity index (χ3n) is 4.85. The van der Waals surface area contributed by atoms with Gasteiger partial charge < -0.3 is 9.80 Å². The van der Waals surface area contributed by atoms with Crippen molar-refractivity contribution >= 4 is 21.8 Å². The second-order valence-electron chi connectivity index (χ2n) is 6.64. The summed E-state index contributed by atoms with van der Waals surface area (Å²) in [4.78, 5) is 27.9. The smallest absolute Gasteiger partial charge is 0.238 e. The lowest BCUT2D eigenvalue weighted by Crippen LogP contribution is -2.52. The molecule has 0 N–H and O–H groups in total. The standard InChI is InChI=1S/C15H27N3O4S/c1-16(23(2,21)22)12-15(20)18-9-7-17(8-10-18)14(19)11-13-5-3-4-6-13/h13H,3-12H2,1-2H3. The first-order valence-electron chi connectivity index (χ1n) is 8.24. The van der Waals surface area contributed by atoms with Gasteiger partial charge in [0.15, 0.2) is 0 Å². The molecule has 0 atom stereocenters. The van der Waals surface area contributed by atoms with Crippen molar-refractivity contribution in [1.82, 2.24) is 14.1 Å². The summed E-state index contributed by atoms with van der Waals surface area (Å²) in [6, 6.07) is 0. The van der Waals surface area contributed by atoms with Gasteiger partial charge in [-0.3, -0.25) is 9.59 Å². The van der Waals surface area contributed by atoms with Crippen LogP contribution in [-0.4, -0.2) is 80.4 Å². The summed E-state index contributed by atoms with van der Waals surface area (Å²) in [6.07, 6.45) is 6.48. The molecule has 7 nitrogen and oxygen atoms in total. The third kappa shape index (κ3) is 5.17. The van der Waals surface area contributed by atoms with Crippen LogP contribution in [0.15, 0.2) is 0 Å². The summed E-state index contributed by atoms with van der Waals surface area (Å²) in [5.41, 5.74) is 0. The van der Waals surface area contributed by atoms with Crippen molar-refractivity contribution in [2.24, 2.45) is 5.92 Å². The molecule has 1 aliphatic carbocycles. The summed E-state index contributed by atoms with van der Waals surface area (Å²) in [5.74, 6) is 0.517. The lowest BCUT2D eigenvalue weighted by atomic mass is 10.0. The molecule has 1 aliphatic heterocycles. The minimum Gasteiger partial charge on any atom is -0.339 e. The molecule has 8 heteroatoms. The number of piperazine rings is 1. The molecule has 2 amide bonds. The zero-order valence-corrected chi connectivity index (χ0v) is 14.8. The van der Waals surface area contributed by atoms with Crippen molar-refractivity contribution in [3.63, 3.8) is 0 Å². The number of nitrogens with zero attached hydrogens (tertiary/aromatic N) is 3. The van der Waals surface area contributed by atoms with E-state index in [1.807, 2.05) is 4.90 Å². The van der Waals surface area contributed by atoms with Gasteiger partial charge in [0.25, 0.3) is 0 Å². The molecule has 0 aromatic rings. The Bertz CT molecular complexity index is 535. The van der Waals surface area contributed by atoms with E-state index in [9.17, 15) is 18.0 Å². The van der Waals surface area contributed by atoms with Crippen molar-refractivity contribution in [2.75, 3.05) is 46.0 Å². The second kappa shape index (κ2) is 7.61. The van der Waals surface area contributed by atoms with E-state index in [1.165, 1.54) is 19.9 Å². The highest BCUT2D eigenvalue weighted by Crippen LogP contribution is 2.28. The van der Waals surface area contributed by atoms with Gasteiger partial charge in [-0.2, -0.15) is 4.31 Å². The Morgan fingerprint density at radius 2 is 1.48 bits per heavy atom. The molecule has 1 saturated carbocycles. The van der Waals surface area contributed by atoms with Gasteiger partial charge in [0.05, 0.1) is 12.8 Å². The molecule has 0 aromatic carbocycles. The first-order valence-corrected chi connectivity index (χ1v) is 10.1. The van der Waals surface area contributed by atoms with E-state index in [1.54, 1.807) is 4.90 Å². The zero-order chi connectivity index (χ0) is 17.0. The van der Waals surface area contributed by atoms with Gasteiger partial charge in [0.2, 0.25) is 21.8 Å². The molecular weight excluding hydrogens is 318 g/mol. The highest BCUT2D eigenvalue weighted by Gasteiger charge is 2.27. The van der Waals surface area contributed by atoms with Crippen LogP contribution in [0.2, 0.25) is 0 Å². The average molecular weight is 345 g/mol. The number of carbonyl (C=O) groups is 2. The van der Waals surface area contributed by atoms with Crippen molar-refractivity contribution in [2.45, 2.75) is 32.1 Å². The molecule has 0 unspecified atom stereocenters. The van der Waals surface area contributed by atoms with E-state index in [-0.39, 0.29) is 18.4 Å². The summed E-state index contributed by atoms with van der Waals surface area (Å²) in [7, 11) is -1.96. The van der Waals surface area contributed by atoms with E-state index in [2.05, 4.69) is 0 Å². The van der Waals surface area contributed by atoms with E-state index in [4.69, 9.17) is 0 Å². The largest absolute Gasteiger partial charge is 0.339 e. The lowest BCUT2D eigenvalue weighted by Gasteiger charge is -2.35. The SMILES string of the molecule is CN(CC(=O)N1CCN(C(=O)CC2CCCC2)CC1)S(C)(=O)=O. The Labute approximate surface area is 138 Å². The summed E-state index contributed by atoms with van der Waals surface area (Å²) in [6.45, 7) is 1.90. The highest BCUT2D eigenvalue weighted by molar-refractivity contribution is 7.88. The molecule has 0 spiro atoms. The number of likely N-dealkylation sites (N-methyl/N-ethyl adjacent to an activating group) is 1. The quantitative estimate of drug-likeness (QED) is 0.709. The molecule has 23 heavy (non-hydrogen) atoms. The average Bonchev–Trinajstić information content (AvgIpc) is 2.99. The Balaban J connectivity index is 1.76. The normalized spacial score (nSPS) is 20.3. The summed E-state index contributed by atoms with van der Waals surface area (Å²) in [5, 5.41) is 0. The maximum atomic E-state index is 12.3. The van der Waals surface area contributed by atoms with Crippen LogP contribution < -0.4 is 0 Å². The molecule has 0 aromatic heterocycles. The number of amides is 2. The van der Waals surface area contributed by atoms with E-state index in [0.717, 1.165) is 23.4 Å². The monoisotopic (exact) mass is 345 g/mol. The molecule has 2 fully saturated rings. The number of sulfonamides is 1. The highest BCUT2D eigenvalue weighted by atomic mass is 32.2. The molecular formula is C15H27N3O4S. The third-order valence-corrected chi connectivity index (χ3v) is 6.11. The van der Waals surface area contributed by atoms with Gasteiger partial charge >= 0.3 is 0 Å². The van der Waals surface area contributed by atoms with Crippen LogP contribution in [0, 0.1) is 5.92 Å². The van der Waals surface area contributed by atoms with Gasteiger partial charge in [-0.1, -0.05) is 12.8 Å². The van der Waals surface area contributed by atoms with Crippen molar-refractivity contribution in [3.8, 4) is 0 Å². The van der Waals surface area contributed by atoms with E-state index in [0.29, 0.717) is 38.5 Å². The summed E-state index contributed by atoms with van der Waals surface area (Å²) < 4.78 is 23.8. The number of hydrogen-bond donors (Lipinski definition) is 0. The first kappa shape index (κ1) is 18.2. The first-order chi connectivity index (χ1) is 10.8. The lowest BCUT2D eigenvalue weighted by molar-refractivity contribution is -0.140. The fourth-order valence-electron chi connectivity index (χ4n) is 3.20. The van der Waals surface area contributed by atoms with Crippen LogP contribution in [0.25, 0.3) is 0 Å². The topological polar surface area (TPSA) is 78.0 Å². The predicted octanol–water partition coefficient (Wildman–Crippen LogP) is 0.129. The molecule has 0 bridgehead atoms. The maximum absolute atomic E-state index is 12.3. The van der Waals surface area contributed by atoms with Gasteiger partial charge in [-0.15, -0.1) is 0 Å². The molecule has 1 heterocycles. The van der Waals surface area contributed by atoms with Gasteiger partial charge in [-0.05, 0) is 18.8 Å². The predicted molar refractivity (Wildman–Crippen MR) is 87.2 cm³/mol. The second-order valence-corrected chi connectivity index (χ2v) is 8.72. The van der Waals surface area contributed by atoms with Crippen molar-refractivity contribution in [1.29, 1.82) is 0 Å². The molecule has 0 radical (unpaired) electrons. The Morgan fingerprint density at radius 1 is 1.00 bits per heavy atom. The number of carbonyl (C=O) groups excluding carboxylic acids is 2. The van der Waals surface area contributed by atoms with Gasteiger partial charge in [0, 0.05) is 39.6 Å². The fraction of sp³-hybridized carbons (Fsp3) is 0.867. The Hall–Kier alpha value is -1.15. The minimum atomic E-state index is -3.35. The van der Waals surface area contributed by atoms with Crippen LogP contribution >= 0.6 is 0 Å².